The summed E-state index contributed by atoms with van der Waals surface area (Å²) in [6.07, 6.45) is 0. The predicted octanol–water partition coefficient (Wildman–Crippen LogP) is 3.56. The van der Waals surface area contributed by atoms with Gasteiger partial charge in [-0.1, -0.05) is 24.3 Å². The van der Waals surface area contributed by atoms with Crippen LogP contribution in [-0.4, -0.2) is 12.2 Å². The maximum Gasteiger partial charge on any atom is 0.124 e. The number of phenols is 1. The lowest BCUT2D eigenvalue weighted by molar-refractivity contribution is 0.299. The third-order valence-electron chi connectivity index (χ3n) is 3.37. The lowest BCUT2D eigenvalue weighted by Crippen LogP contribution is -2.13. The Hall–Kier alpha value is -2.00. The van der Waals surface area contributed by atoms with Crippen LogP contribution in [0.4, 0.5) is 0 Å². The molecule has 0 aliphatic heterocycles. The number of rotatable bonds is 5. The molecule has 3 nitrogen and oxygen atoms in total. The second-order valence-electron chi connectivity index (χ2n) is 5.01. The maximum atomic E-state index is 9.47. The van der Waals surface area contributed by atoms with Gasteiger partial charge < -0.3 is 15.2 Å². The monoisotopic (exact) mass is 271 g/mol. The van der Waals surface area contributed by atoms with E-state index in [-0.39, 0.29) is 11.8 Å². The minimum atomic E-state index is 0.231. The Kier molecular flexibility index (Phi) is 4.64. The number of hydrogen-bond acceptors (Lipinski definition) is 3. The quantitative estimate of drug-likeness (QED) is 0.873. The molecule has 0 spiro atoms. The van der Waals surface area contributed by atoms with Crippen LogP contribution in [0.1, 0.15) is 29.7 Å². The smallest absolute Gasteiger partial charge is 0.124 e. The van der Waals surface area contributed by atoms with Crippen molar-refractivity contribution in [3.8, 4) is 11.5 Å². The molecule has 0 aromatic heterocycles. The summed E-state index contributed by atoms with van der Waals surface area (Å²) in [7, 11) is 1.93. The third-order valence-corrected chi connectivity index (χ3v) is 3.37. The molecule has 2 aromatic rings. The maximum absolute atomic E-state index is 9.47. The first-order chi connectivity index (χ1) is 9.60. The summed E-state index contributed by atoms with van der Waals surface area (Å²) < 4.78 is 5.93. The number of aromatic hydroxyl groups is 1. The fourth-order valence-corrected chi connectivity index (χ4v) is 2.09. The summed E-state index contributed by atoms with van der Waals surface area (Å²) in [6, 6.07) is 13.6. The van der Waals surface area contributed by atoms with Crippen LogP contribution in [0.5, 0.6) is 11.5 Å². The minimum Gasteiger partial charge on any atom is -0.508 e. The molecule has 3 heteroatoms. The Morgan fingerprint density at radius 3 is 2.70 bits per heavy atom. The van der Waals surface area contributed by atoms with E-state index in [2.05, 4.69) is 31.3 Å². The third kappa shape index (κ3) is 3.52. The highest BCUT2D eigenvalue weighted by molar-refractivity contribution is 5.39. The van der Waals surface area contributed by atoms with Crippen LogP contribution >= 0.6 is 0 Å². The van der Waals surface area contributed by atoms with E-state index in [1.807, 2.05) is 25.2 Å². The van der Waals surface area contributed by atoms with Crippen molar-refractivity contribution < 1.29 is 9.84 Å². The van der Waals surface area contributed by atoms with Crippen molar-refractivity contribution in [2.75, 3.05) is 7.05 Å². The van der Waals surface area contributed by atoms with Crippen molar-refractivity contribution in [3.63, 3.8) is 0 Å². The fraction of sp³-hybridized carbons (Fsp3) is 0.294. The molecule has 0 amide bonds. The average molecular weight is 271 g/mol. The summed E-state index contributed by atoms with van der Waals surface area (Å²) >= 11 is 0. The second-order valence-corrected chi connectivity index (χ2v) is 5.01. The van der Waals surface area contributed by atoms with Crippen molar-refractivity contribution >= 4 is 0 Å². The fourth-order valence-electron chi connectivity index (χ4n) is 2.09. The van der Waals surface area contributed by atoms with E-state index < -0.39 is 0 Å². The number of hydrogen-bond donors (Lipinski definition) is 2. The van der Waals surface area contributed by atoms with Crippen molar-refractivity contribution in [2.24, 2.45) is 0 Å². The van der Waals surface area contributed by atoms with Gasteiger partial charge in [-0.2, -0.15) is 0 Å². The summed E-state index contributed by atoms with van der Waals surface area (Å²) in [5.74, 6) is 1.15. The van der Waals surface area contributed by atoms with Crippen LogP contribution in [-0.2, 0) is 6.61 Å². The molecule has 0 saturated heterocycles. The first-order valence-corrected chi connectivity index (χ1v) is 6.78. The lowest BCUT2D eigenvalue weighted by Gasteiger charge is -2.17. The topological polar surface area (TPSA) is 41.5 Å². The summed E-state index contributed by atoms with van der Waals surface area (Å²) in [4.78, 5) is 0. The zero-order valence-corrected chi connectivity index (χ0v) is 12.2. The van der Waals surface area contributed by atoms with Gasteiger partial charge in [0.25, 0.3) is 0 Å². The molecule has 20 heavy (non-hydrogen) atoms. The van der Waals surface area contributed by atoms with Gasteiger partial charge in [0.1, 0.15) is 18.1 Å². The van der Waals surface area contributed by atoms with Gasteiger partial charge in [-0.3, -0.25) is 0 Å². The van der Waals surface area contributed by atoms with Gasteiger partial charge in [0.15, 0.2) is 0 Å². The van der Waals surface area contributed by atoms with Crippen LogP contribution in [0, 0.1) is 6.92 Å². The molecule has 1 atom stereocenters. The van der Waals surface area contributed by atoms with Gasteiger partial charge in [0, 0.05) is 11.6 Å². The molecular formula is C17H21NO2. The molecule has 0 fully saturated rings. The molecular weight excluding hydrogens is 250 g/mol. The molecule has 0 heterocycles. The minimum absolute atomic E-state index is 0.231. The largest absolute Gasteiger partial charge is 0.508 e. The molecule has 0 bridgehead atoms. The Balaban J connectivity index is 2.18. The van der Waals surface area contributed by atoms with Crippen LogP contribution in [0.3, 0.4) is 0 Å². The highest BCUT2D eigenvalue weighted by Gasteiger charge is 2.10. The molecule has 0 radical (unpaired) electrons. The highest BCUT2D eigenvalue weighted by atomic mass is 16.5. The Labute approximate surface area is 120 Å². The molecule has 2 N–H and O–H groups in total. The SMILES string of the molecule is CNC(C)c1ccc(C)cc1OCc1cccc(O)c1. The van der Waals surface area contributed by atoms with Crippen LogP contribution < -0.4 is 10.1 Å². The molecule has 1 unspecified atom stereocenters. The zero-order chi connectivity index (χ0) is 14.5. The normalized spacial score (nSPS) is 12.2. The zero-order valence-electron chi connectivity index (χ0n) is 12.2. The number of phenolic OH excluding ortho intramolecular Hbond substituents is 1. The molecule has 0 aliphatic rings. The lowest BCUT2D eigenvalue weighted by atomic mass is 10.1. The van der Waals surface area contributed by atoms with E-state index in [9.17, 15) is 5.11 Å². The van der Waals surface area contributed by atoms with Gasteiger partial charge in [-0.25, -0.2) is 0 Å². The van der Waals surface area contributed by atoms with Crippen molar-refractivity contribution in [1.82, 2.24) is 5.32 Å². The van der Waals surface area contributed by atoms with E-state index in [1.54, 1.807) is 12.1 Å². The van der Waals surface area contributed by atoms with Crippen LogP contribution in [0.2, 0.25) is 0 Å². The van der Waals surface area contributed by atoms with E-state index >= 15 is 0 Å². The van der Waals surface area contributed by atoms with Gasteiger partial charge in [0.2, 0.25) is 0 Å². The molecule has 2 rings (SSSR count). The first-order valence-electron chi connectivity index (χ1n) is 6.78. The summed E-state index contributed by atoms with van der Waals surface area (Å²) in [5, 5.41) is 12.7. The highest BCUT2D eigenvalue weighted by Crippen LogP contribution is 2.27. The molecule has 0 aliphatic carbocycles. The number of ether oxygens (including phenoxy) is 1. The molecule has 0 saturated carbocycles. The summed E-state index contributed by atoms with van der Waals surface area (Å²) in [6.45, 7) is 4.60. The van der Waals surface area contributed by atoms with Crippen LogP contribution in [0.15, 0.2) is 42.5 Å². The van der Waals surface area contributed by atoms with Crippen molar-refractivity contribution in [2.45, 2.75) is 26.5 Å². The standard InChI is InChI=1S/C17H21NO2/c1-12-7-8-16(13(2)18-3)17(9-12)20-11-14-5-4-6-15(19)10-14/h4-10,13,18-19H,11H2,1-3H3. The van der Waals surface area contributed by atoms with Gasteiger partial charge in [0.05, 0.1) is 0 Å². The van der Waals surface area contributed by atoms with Gasteiger partial charge >= 0.3 is 0 Å². The first kappa shape index (κ1) is 14.4. The number of benzene rings is 2. The molecule has 106 valence electrons. The number of nitrogens with one attached hydrogen (secondary N) is 1. The Morgan fingerprint density at radius 2 is 2.00 bits per heavy atom. The van der Waals surface area contributed by atoms with E-state index in [1.165, 1.54) is 5.56 Å². The predicted molar refractivity (Wildman–Crippen MR) is 81.1 cm³/mol. The molecule has 2 aromatic carbocycles. The Morgan fingerprint density at radius 1 is 1.20 bits per heavy atom. The second kappa shape index (κ2) is 6.44. The van der Waals surface area contributed by atoms with Crippen molar-refractivity contribution in [3.05, 3.63) is 59.2 Å². The van der Waals surface area contributed by atoms with Crippen LogP contribution in [0.25, 0.3) is 0 Å². The van der Waals surface area contributed by atoms with Gasteiger partial charge in [-0.15, -0.1) is 0 Å². The van der Waals surface area contributed by atoms with E-state index in [0.29, 0.717) is 6.61 Å². The number of aryl methyl sites for hydroxylation is 1. The van der Waals surface area contributed by atoms with E-state index in [0.717, 1.165) is 16.9 Å². The van der Waals surface area contributed by atoms with Gasteiger partial charge in [-0.05, 0) is 50.2 Å². The Bertz CT molecular complexity index is 581. The summed E-state index contributed by atoms with van der Waals surface area (Å²) in [5.41, 5.74) is 3.26. The van der Waals surface area contributed by atoms with E-state index in [4.69, 9.17) is 4.74 Å². The average Bonchev–Trinajstić information content (AvgIpc) is 2.44. The van der Waals surface area contributed by atoms with Crippen molar-refractivity contribution in [1.29, 1.82) is 0 Å².